The van der Waals surface area contributed by atoms with Crippen molar-refractivity contribution >= 4 is 43.6 Å². The van der Waals surface area contributed by atoms with Crippen molar-refractivity contribution in [3.05, 3.63) is 51.4 Å². The van der Waals surface area contributed by atoms with Gasteiger partial charge in [0.15, 0.2) is 0 Å². The molecule has 4 heteroatoms. The molecule has 0 radical (unpaired) electrons. The molecule has 17 heavy (non-hydrogen) atoms. The summed E-state index contributed by atoms with van der Waals surface area (Å²) in [5.41, 5.74) is 0. The minimum Gasteiger partial charge on any atom is -0.496 e. The van der Waals surface area contributed by atoms with Gasteiger partial charge in [0.2, 0.25) is 0 Å². The van der Waals surface area contributed by atoms with Crippen LogP contribution in [0.4, 0.5) is 0 Å². The fraction of sp³-hybridized carbons (Fsp3) is 0.0769. The van der Waals surface area contributed by atoms with E-state index in [0.717, 1.165) is 19.6 Å². The summed E-state index contributed by atoms with van der Waals surface area (Å²) < 4.78 is 7.47. The van der Waals surface area contributed by atoms with Crippen molar-refractivity contribution in [1.29, 1.82) is 0 Å². The lowest BCUT2D eigenvalue weighted by Gasteiger charge is -2.08. The number of benzene rings is 2. The number of methoxy groups -OCH3 is 1. The van der Waals surface area contributed by atoms with E-state index < -0.39 is 0 Å². The SMILES string of the molecule is COc1cc(Br)ccc1Sc1ccc(Br)cc1. The lowest BCUT2D eigenvalue weighted by Crippen LogP contribution is -1.86. The standard InChI is InChI=1S/C13H10Br2OS/c1-16-12-8-10(15)4-7-13(12)17-11-5-2-9(14)3-6-11/h2-8H,1H3. The second kappa shape index (κ2) is 5.94. The third-order valence-corrected chi connectivity index (χ3v) is 4.25. The summed E-state index contributed by atoms with van der Waals surface area (Å²) in [4.78, 5) is 2.30. The molecule has 2 aromatic carbocycles. The van der Waals surface area contributed by atoms with Gasteiger partial charge in [0.25, 0.3) is 0 Å². The largest absolute Gasteiger partial charge is 0.496 e. The maximum atomic E-state index is 5.36. The van der Waals surface area contributed by atoms with Crippen molar-refractivity contribution in [2.75, 3.05) is 7.11 Å². The van der Waals surface area contributed by atoms with Gasteiger partial charge in [-0.3, -0.25) is 0 Å². The van der Waals surface area contributed by atoms with Crippen LogP contribution in [0.5, 0.6) is 5.75 Å². The summed E-state index contributed by atoms with van der Waals surface area (Å²) in [6.07, 6.45) is 0. The molecule has 0 atom stereocenters. The Labute approximate surface area is 122 Å². The van der Waals surface area contributed by atoms with Gasteiger partial charge in [-0.2, -0.15) is 0 Å². The predicted molar refractivity (Wildman–Crippen MR) is 79.0 cm³/mol. The molecular weight excluding hydrogens is 364 g/mol. The molecule has 2 rings (SSSR count). The van der Waals surface area contributed by atoms with Gasteiger partial charge in [-0.15, -0.1) is 0 Å². The van der Waals surface area contributed by atoms with Crippen LogP contribution in [0.15, 0.2) is 61.2 Å². The van der Waals surface area contributed by atoms with Gasteiger partial charge in [0, 0.05) is 13.8 Å². The molecule has 88 valence electrons. The van der Waals surface area contributed by atoms with Crippen LogP contribution in [-0.4, -0.2) is 7.11 Å². The lowest BCUT2D eigenvalue weighted by atomic mass is 10.3. The van der Waals surface area contributed by atoms with E-state index in [0.29, 0.717) is 0 Å². The molecule has 0 bridgehead atoms. The van der Waals surface area contributed by atoms with Crippen molar-refractivity contribution in [3.63, 3.8) is 0 Å². The summed E-state index contributed by atoms with van der Waals surface area (Å²) in [5.74, 6) is 0.882. The Bertz CT molecular complexity index is 511. The Hall–Kier alpha value is -0.450. The Morgan fingerprint density at radius 2 is 1.59 bits per heavy atom. The molecule has 0 aliphatic rings. The molecule has 0 saturated carbocycles. The Balaban J connectivity index is 2.26. The molecule has 0 fully saturated rings. The van der Waals surface area contributed by atoms with Crippen LogP contribution in [0.2, 0.25) is 0 Å². The molecule has 0 saturated heterocycles. The van der Waals surface area contributed by atoms with Crippen LogP contribution in [0.1, 0.15) is 0 Å². The average molecular weight is 374 g/mol. The van der Waals surface area contributed by atoms with E-state index in [1.807, 2.05) is 24.3 Å². The zero-order chi connectivity index (χ0) is 12.3. The topological polar surface area (TPSA) is 9.23 Å². The third kappa shape index (κ3) is 3.50. The first kappa shape index (κ1) is 13.0. The van der Waals surface area contributed by atoms with E-state index in [9.17, 15) is 0 Å². The molecule has 0 aromatic heterocycles. The molecule has 0 heterocycles. The second-order valence-electron chi connectivity index (χ2n) is 3.35. The highest BCUT2D eigenvalue weighted by Gasteiger charge is 2.05. The Morgan fingerprint density at radius 3 is 2.24 bits per heavy atom. The molecule has 0 spiro atoms. The first-order chi connectivity index (χ1) is 8.19. The van der Waals surface area contributed by atoms with E-state index in [1.54, 1.807) is 18.9 Å². The zero-order valence-corrected chi connectivity index (χ0v) is 13.1. The molecule has 0 aliphatic heterocycles. The minimum atomic E-state index is 0.882. The van der Waals surface area contributed by atoms with Crippen LogP contribution >= 0.6 is 43.6 Å². The first-order valence-electron chi connectivity index (χ1n) is 4.96. The van der Waals surface area contributed by atoms with E-state index in [4.69, 9.17) is 4.74 Å². The van der Waals surface area contributed by atoms with Crippen LogP contribution < -0.4 is 4.74 Å². The van der Waals surface area contributed by atoms with Crippen LogP contribution in [0.25, 0.3) is 0 Å². The molecule has 0 aliphatic carbocycles. The number of hydrogen-bond donors (Lipinski definition) is 0. The van der Waals surface area contributed by atoms with E-state index in [1.165, 1.54) is 4.90 Å². The maximum Gasteiger partial charge on any atom is 0.133 e. The highest BCUT2D eigenvalue weighted by molar-refractivity contribution is 9.10. The van der Waals surface area contributed by atoms with Crippen molar-refractivity contribution in [3.8, 4) is 5.75 Å². The van der Waals surface area contributed by atoms with Gasteiger partial charge >= 0.3 is 0 Å². The van der Waals surface area contributed by atoms with Crippen LogP contribution in [-0.2, 0) is 0 Å². The van der Waals surface area contributed by atoms with Gasteiger partial charge < -0.3 is 4.74 Å². The van der Waals surface area contributed by atoms with Gasteiger partial charge in [0.1, 0.15) is 5.75 Å². The maximum absolute atomic E-state index is 5.36. The molecular formula is C13H10Br2OS. The molecule has 2 aromatic rings. The van der Waals surface area contributed by atoms with E-state index in [2.05, 4.69) is 50.1 Å². The van der Waals surface area contributed by atoms with Gasteiger partial charge in [0.05, 0.1) is 12.0 Å². The van der Waals surface area contributed by atoms with Gasteiger partial charge in [-0.1, -0.05) is 43.6 Å². The Kier molecular flexibility index (Phi) is 4.54. The fourth-order valence-electron chi connectivity index (χ4n) is 1.36. The quantitative estimate of drug-likeness (QED) is 0.715. The normalized spacial score (nSPS) is 10.3. The predicted octanol–water partition coefficient (Wildman–Crippen LogP) is 5.37. The van der Waals surface area contributed by atoms with Crippen LogP contribution in [0.3, 0.4) is 0 Å². The third-order valence-electron chi connectivity index (χ3n) is 2.17. The number of hydrogen-bond acceptors (Lipinski definition) is 2. The highest BCUT2D eigenvalue weighted by atomic mass is 79.9. The monoisotopic (exact) mass is 372 g/mol. The minimum absolute atomic E-state index is 0.882. The van der Waals surface area contributed by atoms with Crippen molar-refractivity contribution < 1.29 is 4.74 Å². The molecule has 0 unspecified atom stereocenters. The van der Waals surface area contributed by atoms with Crippen LogP contribution in [0, 0.1) is 0 Å². The summed E-state index contributed by atoms with van der Waals surface area (Å²) in [5, 5.41) is 0. The summed E-state index contributed by atoms with van der Waals surface area (Å²) in [6, 6.07) is 14.3. The van der Waals surface area contributed by atoms with Gasteiger partial charge in [-0.05, 0) is 42.5 Å². The van der Waals surface area contributed by atoms with Crippen molar-refractivity contribution in [1.82, 2.24) is 0 Å². The highest BCUT2D eigenvalue weighted by Crippen LogP contribution is 2.36. The molecule has 1 nitrogen and oxygen atoms in total. The van der Waals surface area contributed by atoms with Crippen molar-refractivity contribution in [2.45, 2.75) is 9.79 Å². The summed E-state index contributed by atoms with van der Waals surface area (Å²) >= 11 is 8.55. The first-order valence-corrected chi connectivity index (χ1v) is 7.36. The fourth-order valence-corrected chi connectivity index (χ4v) is 2.86. The number of rotatable bonds is 3. The van der Waals surface area contributed by atoms with Crippen molar-refractivity contribution in [2.24, 2.45) is 0 Å². The molecule has 0 N–H and O–H groups in total. The summed E-state index contributed by atoms with van der Waals surface area (Å²) in [6.45, 7) is 0. The summed E-state index contributed by atoms with van der Waals surface area (Å²) in [7, 11) is 1.69. The second-order valence-corrected chi connectivity index (χ2v) is 6.30. The smallest absolute Gasteiger partial charge is 0.133 e. The number of ether oxygens (including phenoxy) is 1. The Morgan fingerprint density at radius 1 is 0.941 bits per heavy atom. The van der Waals surface area contributed by atoms with E-state index in [-0.39, 0.29) is 0 Å². The van der Waals surface area contributed by atoms with Gasteiger partial charge in [-0.25, -0.2) is 0 Å². The van der Waals surface area contributed by atoms with E-state index >= 15 is 0 Å². The average Bonchev–Trinajstić information content (AvgIpc) is 2.34. The zero-order valence-electron chi connectivity index (χ0n) is 9.11. The number of halogens is 2. The lowest BCUT2D eigenvalue weighted by molar-refractivity contribution is 0.404. The molecule has 0 amide bonds.